The van der Waals surface area contributed by atoms with Gasteiger partial charge in [-0.3, -0.25) is 14.8 Å². The third-order valence-corrected chi connectivity index (χ3v) is 3.82. The summed E-state index contributed by atoms with van der Waals surface area (Å²) in [5.74, 6) is 0.786. The van der Waals surface area contributed by atoms with E-state index in [4.69, 9.17) is 4.74 Å². The topological polar surface area (TPSA) is 70.2 Å². The molecule has 2 aromatic rings. The maximum absolute atomic E-state index is 11.0. The van der Waals surface area contributed by atoms with E-state index in [1.54, 1.807) is 18.5 Å². The summed E-state index contributed by atoms with van der Waals surface area (Å²) in [6.07, 6.45) is 0. The molecule has 0 N–H and O–H groups in total. The molecule has 1 aromatic heterocycles. The van der Waals surface area contributed by atoms with Crippen LogP contribution in [0.1, 0.15) is 37.7 Å². The third kappa shape index (κ3) is 3.88. The minimum Gasteiger partial charge on any atom is -0.492 e. The van der Waals surface area contributed by atoms with Crippen LogP contribution in [0.15, 0.2) is 24.3 Å². The molecule has 0 spiro atoms. The van der Waals surface area contributed by atoms with Crippen LogP contribution in [0.5, 0.6) is 5.75 Å². The zero-order valence-corrected chi connectivity index (χ0v) is 14.3. The van der Waals surface area contributed by atoms with Crippen molar-refractivity contribution >= 4 is 5.69 Å². The molecule has 6 nitrogen and oxygen atoms in total. The predicted octanol–water partition coefficient (Wildman–Crippen LogP) is 3.78. The maximum Gasteiger partial charge on any atom is 0.312 e. The summed E-state index contributed by atoms with van der Waals surface area (Å²) in [5, 5.41) is 15.2. The number of benzene rings is 1. The van der Waals surface area contributed by atoms with Gasteiger partial charge in [0.1, 0.15) is 23.7 Å². The monoisotopic (exact) mass is 317 g/mol. The van der Waals surface area contributed by atoms with E-state index in [1.807, 2.05) is 12.1 Å². The Morgan fingerprint density at radius 1 is 1.22 bits per heavy atom. The van der Waals surface area contributed by atoms with Crippen LogP contribution < -0.4 is 4.74 Å². The molecule has 0 radical (unpaired) electrons. The number of aryl methyl sites for hydroxylation is 1. The summed E-state index contributed by atoms with van der Waals surface area (Å²) in [4.78, 5) is 10.6. The first-order valence-electron chi connectivity index (χ1n) is 7.62. The van der Waals surface area contributed by atoms with Gasteiger partial charge < -0.3 is 4.74 Å². The Hall–Kier alpha value is -2.37. The molecule has 0 unspecified atom stereocenters. The first-order chi connectivity index (χ1) is 10.7. The predicted molar refractivity (Wildman–Crippen MR) is 89.0 cm³/mol. The second-order valence-corrected chi connectivity index (χ2v) is 6.62. The molecule has 0 fully saturated rings. The zero-order valence-electron chi connectivity index (χ0n) is 14.3. The normalized spacial score (nSPS) is 11.5. The summed E-state index contributed by atoms with van der Waals surface area (Å²) in [7, 11) is 0. The highest BCUT2D eigenvalue weighted by atomic mass is 16.6. The van der Waals surface area contributed by atoms with Crippen molar-refractivity contribution in [3.8, 4) is 5.75 Å². The van der Waals surface area contributed by atoms with E-state index < -0.39 is 0 Å². The fraction of sp³-hybridized carbons (Fsp3) is 0.471. The van der Waals surface area contributed by atoms with Gasteiger partial charge in [-0.15, -0.1) is 0 Å². The highest BCUT2D eigenvalue weighted by Gasteiger charge is 2.21. The van der Waals surface area contributed by atoms with Crippen LogP contribution in [0.3, 0.4) is 0 Å². The van der Waals surface area contributed by atoms with Crippen LogP contribution in [0.25, 0.3) is 0 Å². The molecule has 6 heteroatoms. The Kier molecular flexibility index (Phi) is 4.73. The van der Waals surface area contributed by atoms with Crippen LogP contribution >= 0.6 is 0 Å². The van der Waals surface area contributed by atoms with Crippen molar-refractivity contribution in [2.75, 3.05) is 6.61 Å². The molecule has 0 aliphatic rings. The summed E-state index contributed by atoms with van der Waals surface area (Å²) in [6, 6.07) is 8.02. The molecule has 0 amide bonds. The fourth-order valence-corrected chi connectivity index (χ4v) is 2.47. The van der Waals surface area contributed by atoms with Gasteiger partial charge in [0.2, 0.25) is 0 Å². The largest absolute Gasteiger partial charge is 0.492 e. The summed E-state index contributed by atoms with van der Waals surface area (Å²) < 4.78 is 7.33. The highest BCUT2D eigenvalue weighted by molar-refractivity contribution is 5.39. The lowest BCUT2D eigenvalue weighted by Gasteiger charge is -2.19. The molecule has 124 valence electrons. The van der Waals surface area contributed by atoms with E-state index in [9.17, 15) is 10.1 Å². The smallest absolute Gasteiger partial charge is 0.312 e. The summed E-state index contributed by atoms with van der Waals surface area (Å²) >= 11 is 0. The molecule has 0 saturated carbocycles. The molecule has 0 saturated heterocycles. The Morgan fingerprint density at radius 3 is 2.30 bits per heavy atom. The number of nitrogens with zero attached hydrogens (tertiary/aromatic N) is 3. The van der Waals surface area contributed by atoms with Crippen LogP contribution in [0.4, 0.5) is 5.69 Å². The standard InChI is InChI=1S/C17H23N3O3/c1-12-16(20(21)22)13(2)19(18-12)10-11-23-15-8-6-14(7-9-15)17(3,4)5/h6-9H,10-11H2,1-5H3. The van der Waals surface area contributed by atoms with Crippen LogP contribution in [0, 0.1) is 24.0 Å². The number of ether oxygens (including phenoxy) is 1. The van der Waals surface area contributed by atoms with Gasteiger partial charge in [-0.05, 0) is 37.0 Å². The molecule has 0 aliphatic heterocycles. The molecule has 2 rings (SSSR count). The maximum atomic E-state index is 11.0. The molecule has 1 aromatic carbocycles. The van der Waals surface area contributed by atoms with Crippen LogP contribution in [0.2, 0.25) is 0 Å². The van der Waals surface area contributed by atoms with E-state index in [0.29, 0.717) is 24.5 Å². The Balaban J connectivity index is 1.98. The van der Waals surface area contributed by atoms with Crippen LogP contribution in [-0.4, -0.2) is 21.3 Å². The molecule has 0 atom stereocenters. The van der Waals surface area contributed by atoms with Crippen molar-refractivity contribution in [3.63, 3.8) is 0 Å². The highest BCUT2D eigenvalue weighted by Crippen LogP contribution is 2.24. The van der Waals surface area contributed by atoms with Gasteiger partial charge >= 0.3 is 5.69 Å². The Morgan fingerprint density at radius 2 is 1.83 bits per heavy atom. The Bertz CT molecular complexity index is 697. The van der Waals surface area contributed by atoms with Gasteiger partial charge in [-0.25, -0.2) is 0 Å². The summed E-state index contributed by atoms with van der Waals surface area (Å²) in [5.41, 5.74) is 2.43. The van der Waals surface area contributed by atoms with E-state index >= 15 is 0 Å². The molecule has 23 heavy (non-hydrogen) atoms. The van der Waals surface area contributed by atoms with E-state index in [2.05, 4.69) is 38.0 Å². The average Bonchev–Trinajstić information content (AvgIpc) is 2.73. The number of hydrogen-bond acceptors (Lipinski definition) is 4. The number of aromatic nitrogens is 2. The van der Waals surface area contributed by atoms with Crippen molar-refractivity contribution in [2.24, 2.45) is 0 Å². The second kappa shape index (κ2) is 6.40. The SMILES string of the molecule is Cc1nn(CCOc2ccc(C(C)(C)C)cc2)c(C)c1[N+](=O)[O-]. The van der Waals surface area contributed by atoms with Gasteiger partial charge in [0.15, 0.2) is 0 Å². The van der Waals surface area contributed by atoms with Crippen molar-refractivity contribution in [2.45, 2.75) is 46.6 Å². The van der Waals surface area contributed by atoms with Gasteiger partial charge in [0, 0.05) is 0 Å². The molecule has 0 bridgehead atoms. The number of hydrogen-bond donors (Lipinski definition) is 0. The fourth-order valence-electron chi connectivity index (χ4n) is 2.47. The van der Waals surface area contributed by atoms with Crippen molar-refractivity contribution in [3.05, 3.63) is 51.3 Å². The third-order valence-electron chi connectivity index (χ3n) is 3.82. The quantitative estimate of drug-likeness (QED) is 0.621. The average molecular weight is 317 g/mol. The van der Waals surface area contributed by atoms with E-state index in [0.717, 1.165) is 5.75 Å². The lowest BCUT2D eigenvalue weighted by atomic mass is 9.87. The van der Waals surface area contributed by atoms with Crippen molar-refractivity contribution in [1.29, 1.82) is 0 Å². The van der Waals surface area contributed by atoms with Gasteiger partial charge in [-0.1, -0.05) is 32.9 Å². The molecule has 1 heterocycles. The minimum atomic E-state index is -0.389. The minimum absolute atomic E-state index is 0.0829. The van der Waals surface area contributed by atoms with E-state index in [-0.39, 0.29) is 16.0 Å². The second-order valence-electron chi connectivity index (χ2n) is 6.62. The van der Waals surface area contributed by atoms with Crippen molar-refractivity contribution < 1.29 is 9.66 Å². The van der Waals surface area contributed by atoms with Crippen molar-refractivity contribution in [1.82, 2.24) is 9.78 Å². The molecular formula is C17H23N3O3. The van der Waals surface area contributed by atoms with Gasteiger partial charge in [0.05, 0.1) is 11.5 Å². The molecule has 0 aliphatic carbocycles. The first-order valence-corrected chi connectivity index (χ1v) is 7.62. The van der Waals surface area contributed by atoms with Crippen LogP contribution in [-0.2, 0) is 12.0 Å². The van der Waals surface area contributed by atoms with Gasteiger partial charge in [-0.2, -0.15) is 5.10 Å². The molecular weight excluding hydrogens is 294 g/mol. The lowest BCUT2D eigenvalue weighted by Crippen LogP contribution is -2.12. The number of nitro groups is 1. The lowest BCUT2D eigenvalue weighted by molar-refractivity contribution is -0.386. The van der Waals surface area contributed by atoms with Gasteiger partial charge in [0.25, 0.3) is 0 Å². The Labute approximate surface area is 136 Å². The zero-order chi connectivity index (χ0) is 17.2. The summed E-state index contributed by atoms with van der Waals surface area (Å²) in [6.45, 7) is 10.7. The van der Waals surface area contributed by atoms with E-state index in [1.165, 1.54) is 5.56 Å². The number of rotatable bonds is 5. The first kappa shape index (κ1) is 17.0.